The molecule has 0 radical (unpaired) electrons. The molecule has 0 spiro atoms. The van der Waals surface area contributed by atoms with Gasteiger partial charge in [0.15, 0.2) is 5.84 Å². The second-order valence-electron chi connectivity index (χ2n) is 12.9. The molecular weight excluding hydrogens is 637 g/mol. The Kier molecular flexibility index (Phi) is 7.86. The lowest BCUT2D eigenvalue weighted by atomic mass is 9.98. The molecule has 0 saturated heterocycles. The van der Waals surface area contributed by atoms with E-state index in [0.29, 0.717) is 19.0 Å². The zero-order chi connectivity index (χ0) is 35.0. The van der Waals surface area contributed by atoms with E-state index in [1.165, 1.54) is 32.5 Å². The Morgan fingerprint density at radius 3 is 1.92 bits per heavy atom. The first-order chi connectivity index (χ1) is 25.7. The summed E-state index contributed by atoms with van der Waals surface area (Å²) in [5, 5.41) is 11.7. The Balaban J connectivity index is 0.000000234. The number of hydrogen-bond acceptors (Lipinski definition) is 3. The lowest BCUT2D eigenvalue weighted by molar-refractivity contribution is 0.676. The fourth-order valence-electron chi connectivity index (χ4n) is 7.64. The van der Waals surface area contributed by atoms with Crippen LogP contribution in [0.25, 0.3) is 76.1 Å². The van der Waals surface area contributed by atoms with Crippen molar-refractivity contribution in [3.8, 4) is 0 Å². The molecular formula is C47H34N4O. The van der Waals surface area contributed by atoms with Crippen molar-refractivity contribution >= 4 is 95.3 Å². The zero-order valence-corrected chi connectivity index (χ0v) is 28.5. The molecule has 0 fully saturated rings. The lowest BCUT2D eigenvalue weighted by Crippen LogP contribution is -2.02. The summed E-state index contributed by atoms with van der Waals surface area (Å²) in [5.74, 6) is 0.632. The van der Waals surface area contributed by atoms with E-state index in [-0.39, 0.29) is 0 Å². The van der Waals surface area contributed by atoms with Gasteiger partial charge in [-0.1, -0.05) is 146 Å². The molecule has 10 aromatic rings. The summed E-state index contributed by atoms with van der Waals surface area (Å²) in [4.78, 5) is 13.1. The molecule has 0 bridgehead atoms. The molecule has 0 atom stereocenters. The number of rotatable bonds is 5. The number of para-hydroxylation sites is 1. The van der Waals surface area contributed by atoms with Gasteiger partial charge in [0.05, 0.1) is 17.6 Å². The smallest absolute Gasteiger partial charge is 0.155 e. The molecule has 248 valence electrons. The second kappa shape index (κ2) is 13.1. The number of furan rings is 1. The Morgan fingerprint density at radius 1 is 0.519 bits per heavy atom. The van der Waals surface area contributed by atoms with Crippen LogP contribution in [-0.4, -0.2) is 23.8 Å². The summed E-state index contributed by atoms with van der Waals surface area (Å²) in [7, 11) is 0. The van der Waals surface area contributed by atoms with Crippen LogP contribution < -0.4 is 0 Å². The summed E-state index contributed by atoms with van der Waals surface area (Å²) in [6.45, 7) is 8.43. The highest BCUT2D eigenvalue weighted by molar-refractivity contribution is 6.36. The van der Waals surface area contributed by atoms with Crippen molar-refractivity contribution in [2.75, 3.05) is 0 Å². The third-order valence-corrected chi connectivity index (χ3v) is 9.93. The molecule has 52 heavy (non-hydrogen) atoms. The van der Waals surface area contributed by atoms with Crippen LogP contribution in [-0.2, 0) is 13.2 Å². The van der Waals surface area contributed by atoms with Crippen LogP contribution in [0.3, 0.4) is 0 Å². The fourth-order valence-corrected chi connectivity index (χ4v) is 7.64. The molecule has 2 heterocycles. The summed E-state index contributed by atoms with van der Waals surface area (Å²) in [6, 6.07) is 54.5. The minimum absolute atomic E-state index is 0.418. The minimum atomic E-state index is 0.418. The lowest BCUT2D eigenvalue weighted by Gasteiger charge is -2.09. The average Bonchev–Trinajstić information content (AvgIpc) is 3.76. The molecule has 0 aliphatic heterocycles. The van der Waals surface area contributed by atoms with Gasteiger partial charge >= 0.3 is 0 Å². The van der Waals surface area contributed by atoms with Gasteiger partial charge in [0.1, 0.15) is 17.8 Å². The summed E-state index contributed by atoms with van der Waals surface area (Å²) >= 11 is 0. The number of nitrogens with zero attached hydrogens (tertiary/aromatic N) is 4. The van der Waals surface area contributed by atoms with Crippen molar-refractivity contribution < 1.29 is 4.42 Å². The van der Waals surface area contributed by atoms with Crippen molar-refractivity contribution in [3.05, 3.63) is 169 Å². The number of fused-ring (bicyclic) bond motifs is 13. The number of aliphatic imine (C=N–C) groups is 3. The van der Waals surface area contributed by atoms with Crippen molar-refractivity contribution in [3.63, 3.8) is 0 Å². The number of hydrogen-bond donors (Lipinski definition) is 0. The Hall–Kier alpha value is -6.85. The molecule has 0 unspecified atom stereocenters. The SMILES string of the molecule is C=N/C(=N\Cn1c2ccccc2c2c3c4ccc5ccccc5c4oc3c3ccccc3c21)c1ccccc1.C=NCc1cccc2ccccc12. The summed E-state index contributed by atoms with van der Waals surface area (Å²) < 4.78 is 9.06. The van der Waals surface area contributed by atoms with Gasteiger partial charge < -0.3 is 8.98 Å². The van der Waals surface area contributed by atoms with E-state index >= 15 is 0 Å². The first-order valence-corrected chi connectivity index (χ1v) is 17.4. The second-order valence-corrected chi connectivity index (χ2v) is 12.9. The van der Waals surface area contributed by atoms with E-state index < -0.39 is 0 Å². The quantitative estimate of drug-likeness (QED) is 0.133. The van der Waals surface area contributed by atoms with Crippen LogP contribution in [0.4, 0.5) is 0 Å². The van der Waals surface area contributed by atoms with Crippen LogP contribution in [0.2, 0.25) is 0 Å². The first-order valence-electron chi connectivity index (χ1n) is 17.4. The number of amidine groups is 1. The Morgan fingerprint density at radius 2 is 1.15 bits per heavy atom. The molecule has 10 rings (SSSR count). The van der Waals surface area contributed by atoms with Crippen LogP contribution in [0.1, 0.15) is 11.1 Å². The third kappa shape index (κ3) is 5.14. The van der Waals surface area contributed by atoms with Crippen LogP contribution in [0.15, 0.2) is 177 Å². The van der Waals surface area contributed by atoms with Gasteiger partial charge in [-0.2, -0.15) is 0 Å². The van der Waals surface area contributed by atoms with Gasteiger partial charge in [-0.25, -0.2) is 9.98 Å². The van der Waals surface area contributed by atoms with Crippen molar-refractivity contribution in [2.45, 2.75) is 13.2 Å². The minimum Gasteiger partial charge on any atom is -0.455 e. The van der Waals surface area contributed by atoms with E-state index in [1.807, 2.05) is 36.4 Å². The van der Waals surface area contributed by atoms with Crippen LogP contribution in [0.5, 0.6) is 0 Å². The number of benzene rings is 8. The zero-order valence-electron chi connectivity index (χ0n) is 28.5. The van der Waals surface area contributed by atoms with Gasteiger partial charge in [0.2, 0.25) is 0 Å². The van der Waals surface area contributed by atoms with E-state index in [1.54, 1.807) is 0 Å². The van der Waals surface area contributed by atoms with E-state index in [4.69, 9.17) is 9.41 Å². The predicted molar refractivity (Wildman–Crippen MR) is 221 cm³/mol. The van der Waals surface area contributed by atoms with Gasteiger partial charge in [-0.15, -0.1) is 0 Å². The molecule has 5 heteroatoms. The molecule has 0 amide bonds. The highest BCUT2D eigenvalue weighted by Gasteiger charge is 2.22. The van der Waals surface area contributed by atoms with E-state index in [9.17, 15) is 0 Å². The Bertz CT molecular complexity index is 3000. The van der Waals surface area contributed by atoms with Crippen molar-refractivity contribution in [1.82, 2.24) is 4.57 Å². The summed E-state index contributed by atoms with van der Waals surface area (Å²) in [6.07, 6.45) is 0. The Labute approximate surface area is 300 Å². The maximum Gasteiger partial charge on any atom is 0.155 e. The molecule has 5 nitrogen and oxygen atoms in total. The normalized spacial score (nSPS) is 11.9. The largest absolute Gasteiger partial charge is 0.455 e. The third-order valence-electron chi connectivity index (χ3n) is 9.93. The first kappa shape index (κ1) is 31.2. The predicted octanol–water partition coefficient (Wildman–Crippen LogP) is 12.1. The van der Waals surface area contributed by atoms with Crippen molar-refractivity contribution in [2.24, 2.45) is 15.0 Å². The molecule has 0 saturated carbocycles. The molecule has 0 N–H and O–H groups in total. The number of aromatic nitrogens is 1. The highest BCUT2D eigenvalue weighted by atomic mass is 16.3. The average molecular weight is 671 g/mol. The summed E-state index contributed by atoms with van der Waals surface area (Å²) in [5.41, 5.74) is 6.32. The van der Waals surface area contributed by atoms with Crippen molar-refractivity contribution in [1.29, 1.82) is 0 Å². The van der Waals surface area contributed by atoms with Crippen LogP contribution >= 0.6 is 0 Å². The monoisotopic (exact) mass is 670 g/mol. The maximum absolute atomic E-state index is 6.76. The fraction of sp³-hybridized carbons (Fsp3) is 0.0426. The van der Waals surface area contributed by atoms with E-state index in [2.05, 4.69) is 149 Å². The van der Waals surface area contributed by atoms with Gasteiger partial charge in [-0.05, 0) is 47.3 Å². The molecule has 0 aliphatic rings. The molecule has 2 aromatic heterocycles. The highest BCUT2D eigenvalue weighted by Crippen LogP contribution is 2.46. The van der Waals surface area contributed by atoms with Crippen LogP contribution in [0, 0.1) is 0 Å². The maximum atomic E-state index is 6.76. The van der Waals surface area contributed by atoms with E-state index in [0.717, 1.165) is 54.7 Å². The topological polar surface area (TPSA) is 55.1 Å². The molecule has 8 aromatic carbocycles. The van der Waals surface area contributed by atoms with Gasteiger partial charge in [0, 0.05) is 43.3 Å². The molecule has 0 aliphatic carbocycles. The van der Waals surface area contributed by atoms with Gasteiger partial charge in [0.25, 0.3) is 0 Å². The van der Waals surface area contributed by atoms with Gasteiger partial charge in [-0.3, -0.25) is 4.99 Å². The standard InChI is InChI=1S/C35H23N3O.C12H11N/c1-36-35(23-12-3-2-4-13-23)37-21-38-29-18-10-9-17-27(29)30-31-28-20-19-22-11-5-6-14-24(22)33(28)39-34(31)26-16-8-7-15-25(26)32(30)38;1-13-9-11-7-4-6-10-5-2-3-8-12(10)11/h2-20H,1,21H2;2-8H,1,9H2/b37-35-;.